The molecule has 4 rings (SSSR count). The molecule has 2 aliphatic rings. The summed E-state index contributed by atoms with van der Waals surface area (Å²) >= 11 is 0. The van der Waals surface area contributed by atoms with Crippen molar-refractivity contribution in [2.75, 3.05) is 20.1 Å². The van der Waals surface area contributed by atoms with Gasteiger partial charge in [-0.3, -0.25) is 4.90 Å². The Morgan fingerprint density at radius 1 is 0.800 bits per heavy atom. The van der Waals surface area contributed by atoms with Gasteiger partial charge in [-0.1, -0.05) is 29.4 Å². The Labute approximate surface area is 192 Å². The number of likely N-dealkylation sites (N-methyl/N-ethyl adjacent to an activating group) is 1. The van der Waals surface area contributed by atoms with E-state index < -0.39 is 52.9 Å². The monoisotopic (exact) mass is 514 g/mol. The molecule has 35 heavy (non-hydrogen) atoms. The second kappa shape index (κ2) is 7.84. The van der Waals surface area contributed by atoms with Crippen LogP contribution in [0.4, 0.5) is 43.9 Å². The summed E-state index contributed by atoms with van der Waals surface area (Å²) in [5.74, 6) is 0. The second-order valence-corrected chi connectivity index (χ2v) is 8.64. The molecule has 1 fully saturated rings. The molecule has 0 aliphatic carbocycles. The number of hydrogen-bond donors (Lipinski definition) is 0. The van der Waals surface area contributed by atoms with E-state index in [4.69, 9.17) is 0 Å². The van der Waals surface area contributed by atoms with Gasteiger partial charge in [-0.25, -0.2) is 4.39 Å². The van der Waals surface area contributed by atoms with E-state index in [9.17, 15) is 43.9 Å². The third-order valence-electron chi connectivity index (χ3n) is 6.02. The van der Waals surface area contributed by atoms with Gasteiger partial charge >= 0.3 is 18.5 Å². The van der Waals surface area contributed by atoms with Crippen LogP contribution in [0.15, 0.2) is 47.6 Å². The smallest absolute Gasteiger partial charge is 0.374 e. The SMILES string of the molecule is CN1CC(F)(c2ccc(C3=NOC(c4cc(C(F)(F)F)cc(C(F)(F)F)c4)(C(F)(F)F)C3)cc2)C1. The molecule has 190 valence electrons. The van der Waals surface area contributed by atoms with Crippen LogP contribution in [-0.2, 0) is 28.5 Å². The average molecular weight is 514 g/mol. The number of rotatable bonds is 3. The topological polar surface area (TPSA) is 24.8 Å². The summed E-state index contributed by atoms with van der Waals surface area (Å²) in [4.78, 5) is 6.30. The molecule has 2 aromatic rings. The quantitative estimate of drug-likeness (QED) is 0.442. The maximum absolute atomic E-state index is 14.7. The molecule has 2 heterocycles. The minimum atomic E-state index is -5.43. The van der Waals surface area contributed by atoms with E-state index in [-0.39, 0.29) is 48.1 Å². The molecule has 1 atom stereocenters. The molecular formula is C22H16F10N2O. The summed E-state index contributed by atoms with van der Waals surface area (Å²) < 4.78 is 137. The van der Waals surface area contributed by atoms with Gasteiger partial charge in [0.15, 0.2) is 5.67 Å². The summed E-state index contributed by atoms with van der Waals surface area (Å²) in [7, 11) is 1.70. The predicted molar refractivity (Wildman–Crippen MR) is 103 cm³/mol. The van der Waals surface area contributed by atoms with Crippen molar-refractivity contribution in [3.63, 3.8) is 0 Å². The lowest BCUT2D eigenvalue weighted by molar-refractivity contribution is -0.276. The van der Waals surface area contributed by atoms with Gasteiger partial charge in [-0.15, -0.1) is 0 Å². The maximum atomic E-state index is 14.7. The lowest BCUT2D eigenvalue weighted by Gasteiger charge is -2.42. The van der Waals surface area contributed by atoms with Crippen LogP contribution in [0.1, 0.15) is 34.2 Å². The lowest BCUT2D eigenvalue weighted by Crippen LogP contribution is -2.54. The highest BCUT2D eigenvalue weighted by molar-refractivity contribution is 6.01. The Kier molecular flexibility index (Phi) is 5.66. The van der Waals surface area contributed by atoms with Crippen LogP contribution in [0.2, 0.25) is 0 Å². The molecule has 3 nitrogen and oxygen atoms in total. The van der Waals surface area contributed by atoms with Gasteiger partial charge in [0.2, 0.25) is 0 Å². The van der Waals surface area contributed by atoms with Crippen LogP contribution >= 0.6 is 0 Å². The first-order valence-corrected chi connectivity index (χ1v) is 10.0. The molecule has 13 heteroatoms. The highest BCUT2D eigenvalue weighted by Crippen LogP contribution is 2.51. The highest BCUT2D eigenvalue weighted by Gasteiger charge is 2.63. The minimum Gasteiger partial charge on any atom is -0.374 e. The van der Waals surface area contributed by atoms with Crippen LogP contribution in [0.25, 0.3) is 0 Å². The molecule has 0 N–H and O–H groups in total. The molecule has 0 aromatic heterocycles. The van der Waals surface area contributed by atoms with E-state index in [1.807, 2.05) is 0 Å². The van der Waals surface area contributed by atoms with Gasteiger partial charge in [0.05, 0.1) is 16.8 Å². The van der Waals surface area contributed by atoms with Gasteiger partial charge in [0.25, 0.3) is 5.60 Å². The van der Waals surface area contributed by atoms with E-state index >= 15 is 0 Å². The number of hydrogen-bond acceptors (Lipinski definition) is 3. The first kappa shape index (κ1) is 25.3. The predicted octanol–water partition coefficient (Wildman–Crippen LogP) is 6.42. The molecule has 0 amide bonds. The molecular weight excluding hydrogens is 498 g/mol. The van der Waals surface area contributed by atoms with E-state index in [0.717, 1.165) is 0 Å². The standard InChI is InChI=1S/C22H16F10N2O/c1-34-10-18(23,11-34)13-4-2-12(3-5-13)17-9-19(35-33-17,22(30,31)32)14-6-15(20(24,25)26)8-16(7-14)21(27,28)29/h2-8H,9-11H2,1H3. The molecule has 2 aromatic carbocycles. The zero-order valence-corrected chi connectivity index (χ0v) is 17.7. The van der Waals surface area contributed by atoms with Crippen molar-refractivity contribution in [1.29, 1.82) is 0 Å². The van der Waals surface area contributed by atoms with E-state index in [2.05, 4.69) is 9.99 Å². The lowest BCUT2D eigenvalue weighted by atomic mass is 9.84. The van der Waals surface area contributed by atoms with Gasteiger partial charge in [-0.2, -0.15) is 39.5 Å². The van der Waals surface area contributed by atoms with Gasteiger partial charge < -0.3 is 4.84 Å². The highest BCUT2D eigenvalue weighted by atomic mass is 19.4. The number of likely N-dealkylation sites (tertiary alicyclic amines) is 1. The van der Waals surface area contributed by atoms with E-state index in [0.29, 0.717) is 0 Å². The zero-order chi connectivity index (χ0) is 26.0. The number of oxime groups is 1. The Balaban J connectivity index is 1.72. The number of benzene rings is 2. The summed E-state index contributed by atoms with van der Waals surface area (Å²) in [6.45, 7) is 0.231. The summed E-state index contributed by atoms with van der Waals surface area (Å²) in [5.41, 5.74) is -10.5. The van der Waals surface area contributed by atoms with E-state index in [1.54, 1.807) is 11.9 Å². The Morgan fingerprint density at radius 3 is 1.74 bits per heavy atom. The summed E-state index contributed by atoms with van der Waals surface area (Å²) in [6.07, 6.45) is -17.3. The largest absolute Gasteiger partial charge is 0.435 e. The van der Waals surface area contributed by atoms with Crippen LogP contribution in [-0.4, -0.2) is 36.9 Å². The first-order valence-electron chi connectivity index (χ1n) is 10.0. The average Bonchev–Trinajstić information content (AvgIpc) is 3.18. The fourth-order valence-corrected chi connectivity index (χ4v) is 4.20. The fraction of sp³-hybridized carbons (Fsp3) is 0.409. The van der Waals surface area contributed by atoms with Crippen LogP contribution in [0.5, 0.6) is 0 Å². The molecule has 2 aliphatic heterocycles. The van der Waals surface area contributed by atoms with Crippen molar-refractivity contribution < 1.29 is 48.7 Å². The molecule has 1 saturated heterocycles. The minimum absolute atomic E-state index is 0.0236. The Hall–Kier alpha value is -2.83. The van der Waals surface area contributed by atoms with Crippen molar-refractivity contribution in [2.45, 2.75) is 36.2 Å². The molecule has 0 saturated carbocycles. The molecule has 0 bridgehead atoms. The van der Waals surface area contributed by atoms with Crippen molar-refractivity contribution in [2.24, 2.45) is 5.16 Å². The summed E-state index contributed by atoms with van der Waals surface area (Å²) in [6, 6.07) is 4.91. The second-order valence-electron chi connectivity index (χ2n) is 8.64. The van der Waals surface area contributed by atoms with Gasteiger partial charge in [0.1, 0.15) is 0 Å². The van der Waals surface area contributed by atoms with Crippen LogP contribution < -0.4 is 0 Å². The molecule has 1 unspecified atom stereocenters. The maximum Gasteiger partial charge on any atom is 0.435 e. The third kappa shape index (κ3) is 4.45. The van der Waals surface area contributed by atoms with Crippen LogP contribution in [0.3, 0.4) is 0 Å². The Morgan fingerprint density at radius 2 is 1.31 bits per heavy atom. The first-order chi connectivity index (χ1) is 15.9. The fourth-order valence-electron chi connectivity index (χ4n) is 4.20. The normalized spacial score (nSPS) is 23.0. The third-order valence-corrected chi connectivity index (χ3v) is 6.02. The van der Waals surface area contributed by atoms with Crippen molar-refractivity contribution in [1.82, 2.24) is 4.90 Å². The molecule has 0 spiro atoms. The van der Waals surface area contributed by atoms with E-state index in [1.165, 1.54) is 24.3 Å². The number of nitrogens with zero attached hydrogens (tertiary/aromatic N) is 2. The Bertz CT molecular complexity index is 1110. The van der Waals surface area contributed by atoms with Crippen molar-refractivity contribution >= 4 is 5.71 Å². The van der Waals surface area contributed by atoms with Crippen LogP contribution in [0, 0.1) is 0 Å². The van der Waals surface area contributed by atoms with Crippen molar-refractivity contribution in [3.8, 4) is 0 Å². The van der Waals surface area contributed by atoms with Gasteiger partial charge in [0, 0.05) is 25.1 Å². The summed E-state index contributed by atoms with van der Waals surface area (Å²) in [5, 5.41) is 3.36. The van der Waals surface area contributed by atoms with Crippen molar-refractivity contribution in [3.05, 3.63) is 70.3 Å². The van der Waals surface area contributed by atoms with Gasteiger partial charge in [-0.05, 0) is 36.4 Å². The number of halogens is 10. The molecule has 0 radical (unpaired) electrons. The number of alkyl halides is 10. The zero-order valence-electron chi connectivity index (χ0n) is 17.7.